The van der Waals surface area contributed by atoms with Gasteiger partial charge in [0, 0.05) is 30.2 Å². The fraction of sp³-hybridized carbons (Fsp3) is 0.355. The molecule has 6 heteroatoms. The highest BCUT2D eigenvalue weighted by atomic mass is 16.5. The molecule has 0 fully saturated rings. The molecule has 3 aromatic carbocycles. The van der Waals surface area contributed by atoms with Gasteiger partial charge in [0.2, 0.25) is 0 Å². The van der Waals surface area contributed by atoms with Gasteiger partial charge in [-0.1, -0.05) is 31.2 Å². The number of nitrogens with zero attached hydrogens (tertiary/aromatic N) is 2. The van der Waals surface area contributed by atoms with Crippen molar-refractivity contribution in [3.63, 3.8) is 0 Å². The average molecular weight is 499 g/mol. The molecule has 2 aliphatic rings. The molecule has 1 unspecified atom stereocenters. The number of aliphatic hydroxyl groups is 1. The summed E-state index contributed by atoms with van der Waals surface area (Å²) in [5, 5.41) is 11.4. The molecule has 1 aromatic heterocycles. The van der Waals surface area contributed by atoms with Gasteiger partial charge in [-0.3, -0.25) is 4.90 Å². The maximum atomic E-state index is 10.2. The molecule has 1 N–H and O–H groups in total. The van der Waals surface area contributed by atoms with Gasteiger partial charge in [0.15, 0.2) is 11.5 Å². The summed E-state index contributed by atoms with van der Waals surface area (Å²) in [6, 6.07) is 19.3. The third kappa shape index (κ3) is 4.14. The van der Waals surface area contributed by atoms with E-state index in [1.807, 2.05) is 10.6 Å². The van der Waals surface area contributed by atoms with Crippen molar-refractivity contribution < 1.29 is 19.3 Å². The average Bonchev–Trinajstić information content (AvgIpc) is 3.26. The topological polar surface area (TPSA) is 56.1 Å². The zero-order valence-electron chi connectivity index (χ0n) is 21.8. The van der Waals surface area contributed by atoms with Gasteiger partial charge in [-0.2, -0.15) is 0 Å². The fourth-order valence-electron chi connectivity index (χ4n) is 6.03. The number of aryl methyl sites for hydroxylation is 1. The number of methoxy groups -OCH3 is 2. The summed E-state index contributed by atoms with van der Waals surface area (Å²) in [6.07, 6.45) is 2.87. The highest BCUT2D eigenvalue weighted by molar-refractivity contribution is 5.87. The third-order valence-electron chi connectivity index (χ3n) is 8.10. The molecule has 0 saturated carbocycles. The van der Waals surface area contributed by atoms with E-state index >= 15 is 0 Å². The van der Waals surface area contributed by atoms with E-state index in [-0.39, 0.29) is 12.8 Å². The molecule has 1 atom stereocenters. The summed E-state index contributed by atoms with van der Waals surface area (Å²) in [6.45, 7) is 4.44. The van der Waals surface area contributed by atoms with Crippen molar-refractivity contribution in [1.82, 2.24) is 9.47 Å². The standard InChI is InChI=1S/C31H34N2O4/c1-4-20-5-7-21(8-6-20)18-37-31-13-22-11-12-32-17-29-26(15-28(32)24(22)16-30(31)36-3)25-14-23(35-2)9-10-27(25)33(29)19-34/h5-10,13-14,16,28,34H,4,11-12,15,17-19H2,1-3H3. The number of ether oxygens (including phenoxy) is 3. The van der Waals surface area contributed by atoms with Crippen molar-refractivity contribution in [3.8, 4) is 17.2 Å². The molecule has 6 nitrogen and oxygen atoms in total. The second kappa shape index (κ2) is 9.77. The first-order chi connectivity index (χ1) is 18.1. The van der Waals surface area contributed by atoms with Crippen LogP contribution >= 0.6 is 0 Å². The Bertz CT molecular complexity index is 1440. The van der Waals surface area contributed by atoms with Gasteiger partial charge in [-0.15, -0.1) is 0 Å². The summed E-state index contributed by atoms with van der Waals surface area (Å²) in [5.41, 5.74) is 8.67. The largest absolute Gasteiger partial charge is 0.497 e. The number of hydrogen-bond donors (Lipinski definition) is 1. The maximum absolute atomic E-state index is 10.2. The molecule has 0 amide bonds. The van der Waals surface area contributed by atoms with Crippen molar-refractivity contribution in [2.45, 2.75) is 52.1 Å². The second-order valence-corrected chi connectivity index (χ2v) is 9.98. The Hall–Kier alpha value is -3.48. The Kier molecular flexibility index (Phi) is 6.31. The summed E-state index contributed by atoms with van der Waals surface area (Å²) in [4.78, 5) is 2.53. The molecule has 6 rings (SSSR count). The molecular weight excluding hydrogens is 464 g/mol. The van der Waals surface area contributed by atoms with Gasteiger partial charge in [-0.25, -0.2) is 0 Å². The first-order valence-corrected chi connectivity index (χ1v) is 13.1. The monoisotopic (exact) mass is 498 g/mol. The quantitative estimate of drug-likeness (QED) is 0.370. The second-order valence-electron chi connectivity index (χ2n) is 9.98. The summed E-state index contributed by atoms with van der Waals surface area (Å²) >= 11 is 0. The molecular formula is C31H34N2O4. The van der Waals surface area contributed by atoms with Gasteiger partial charge in [0.05, 0.1) is 19.7 Å². The van der Waals surface area contributed by atoms with Crippen LogP contribution in [0.5, 0.6) is 17.2 Å². The SMILES string of the molecule is CCc1ccc(COc2cc3c(cc2OC)C2Cc4c(n(CO)c5ccc(OC)cc45)CN2CC3)cc1. The molecule has 0 saturated heterocycles. The number of benzene rings is 3. The molecule has 3 heterocycles. The Morgan fingerprint density at radius 3 is 2.49 bits per heavy atom. The van der Waals surface area contributed by atoms with E-state index in [1.165, 1.54) is 27.9 Å². The Morgan fingerprint density at radius 2 is 1.76 bits per heavy atom. The Balaban J connectivity index is 1.32. The minimum Gasteiger partial charge on any atom is -0.497 e. The number of aromatic nitrogens is 1. The number of hydrogen-bond acceptors (Lipinski definition) is 5. The number of rotatable bonds is 7. The van der Waals surface area contributed by atoms with Crippen LogP contribution in [0.1, 0.15) is 46.5 Å². The Labute approximate surface area is 218 Å². The van der Waals surface area contributed by atoms with Crippen molar-refractivity contribution in [3.05, 3.63) is 88.1 Å². The fourth-order valence-corrected chi connectivity index (χ4v) is 6.03. The highest BCUT2D eigenvalue weighted by Gasteiger charge is 2.36. The molecule has 0 spiro atoms. The zero-order valence-corrected chi connectivity index (χ0v) is 21.8. The maximum Gasteiger partial charge on any atom is 0.161 e. The van der Waals surface area contributed by atoms with Crippen LogP contribution in [0.4, 0.5) is 0 Å². The van der Waals surface area contributed by atoms with E-state index < -0.39 is 0 Å². The van der Waals surface area contributed by atoms with Crippen LogP contribution in [-0.4, -0.2) is 35.3 Å². The predicted molar refractivity (Wildman–Crippen MR) is 144 cm³/mol. The van der Waals surface area contributed by atoms with Crippen molar-refractivity contribution in [2.75, 3.05) is 20.8 Å². The van der Waals surface area contributed by atoms with Crippen LogP contribution in [0, 0.1) is 0 Å². The number of aliphatic hydroxyl groups excluding tert-OH is 1. The van der Waals surface area contributed by atoms with E-state index in [2.05, 4.69) is 60.4 Å². The first kappa shape index (κ1) is 23.9. The molecule has 37 heavy (non-hydrogen) atoms. The van der Waals surface area contributed by atoms with Crippen LogP contribution in [0.3, 0.4) is 0 Å². The normalized spacial score (nSPS) is 16.7. The number of fused-ring (bicyclic) bond motifs is 6. The summed E-state index contributed by atoms with van der Waals surface area (Å²) in [5.74, 6) is 2.41. The van der Waals surface area contributed by atoms with E-state index in [4.69, 9.17) is 14.2 Å². The lowest BCUT2D eigenvalue weighted by atomic mass is 9.85. The van der Waals surface area contributed by atoms with E-state index in [9.17, 15) is 5.11 Å². The lowest BCUT2D eigenvalue weighted by molar-refractivity contribution is 0.145. The van der Waals surface area contributed by atoms with Crippen molar-refractivity contribution >= 4 is 10.9 Å². The van der Waals surface area contributed by atoms with Gasteiger partial charge in [-0.05, 0) is 77.4 Å². The third-order valence-corrected chi connectivity index (χ3v) is 8.10. The van der Waals surface area contributed by atoms with Crippen LogP contribution in [-0.2, 0) is 39.1 Å². The highest BCUT2D eigenvalue weighted by Crippen LogP contribution is 2.45. The molecule has 0 bridgehead atoms. The zero-order chi connectivity index (χ0) is 25.5. The van der Waals surface area contributed by atoms with E-state index in [0.717, 1.165) is 66.1 Å². The lowest BCUT2D eigenvalue weighted by Crippen LogP contribution is -2.39. The van der Waals surface area contributed by atoms with Crippen molar-refractivity contribution in [2.24, 2.45) is 0 Å². The van der Waals surface area contributed by atoms with Crippen LogP contribution in [0.25, 0.3) is 10.9 Å². The first-order valence-electron chi connectivity index (χ1n) is 13.1. The summed E-state index contributed by atoms with van der Waals surface area (Å²) < 4.78 is 19.6. The molecule has 0 aliphatic carbocycles. The van der Waals surface area contributed by atoms with E-state index in [0.29, 0.717) is 6.61 Å². The van der Waals surface area contributed by atoms with Gasteiger partial charge >= 0.3 is 0 Å². The summed E-state index contributed by atoms with van der Waals surface area (Å²) in [7, 11) is 3.41. The molecule has 192 valence electrons. The smallest absolute Gasteiger partial charge is 0.161 e. The molecule has 2 aliphatic heterocycles. The molecule has 0 radical (unpaired) electrons. The van der Waals surface area contributed by atoms with Gasteiger partial charge in [0.1, 0.15) is 19.1 Å². The van der Waals surface area contributed by atoms with Crippen LogP contribution < -0.4 is 14.2 Å². The minimum atomic E-state index is -0.0249. The van der Waals surface area contributed by atoms with E-state index in [1.54, 1.807) is 14.2 Å². The van der Waals surface area contributed by atoms with Gasteiger partial charge in [0.25, 0.3) is 0 Å². The Morgan fingerprint density at radius 1 is 0.946 bits per heavy atom. The predicted octanol–water partition coefficient (Wildman–Crippen LogP) is 5.41. The van der Waals surface area contributed by atoms with Crippen molar-refractivity contribution in [1.29, 1.82) is 0 Å². The minimum absolute atomic E-state index is 0.0249. The van der Waals surface area contributed by atoms with Crippen LogP contribution in [0.2, 0.25) is 0 Å². The lowest BCUT2D eigenvalue weighted by Gasteiger charge is -2.41. The van der Waals surface area contributed by atoms with Gasteiger partial charge < -0.3 is 23.9 Å². The van der Waals surface area contributed by atoms with Crippen LogP contribution in [0.15, 0.2) is 54.6 Å². The molecule has 4 aromatic rings.